The summed E-state index contributed by atoms with van der Waals surface area (Å²) in [6.07, 6.45) is 5.87. The summed E-state index contributed by atoms with van der Waals surface area (Å²) >= 11 is 1.45. The van der Waals surface area contributed by atoms with Gasteiger partial charge in [0.05, 0.1) is 30.5 Å². The minimum Gasteiger partial charge on any atom is -0.493 e. The zero-order valence-electron chi connectivity index (χ0n) is 22.7. The van der Waals surface area contributed by atoms with Crippen molar-refractivity contribution >= 4 is 34.0 Å². The maximum Gasteiger partial charge on any atom is 0.271 e. The maximum atomic E-state index is 14.3. The summed E-state index contributed by atoms with van der Waals surface area (Å²) in [7, 11) is 3.29. The fraction of sp³-hybridized carbons (Fsp3) is 0.212. The summed E-state index contributed by atoms with van der Waals surface area (Å²) in [4.78, 5) is 20.1. The Kier molecular flexibility index (Phi) is 5.97. The molecule has 2 aromatic heterocycles. The van der Waals surface area contributed by atoms with Gasteiger partial charge in [0, 0.05) is 40.3 Å². The topological polar surface area (TPSA) is 57.8 Å². The van der Waals surface area contributed by atoms with E-state index >= 15 is 0 Å². The van der Waals surface area contributed by atoms with Gasteiger partial charge in [-0.2, -0.15) is 0 Å². The summed E-state index contributed by atoms with van der Waals surface area (Å²) in [5, 5.41) is 1.13. The van der Waals surface area contributed by atoms with E-state index in [4.69, 9.17) is 14.5 Å². The van der Waals surface area contributed by atoms with E-state index in [9.17, 15) is 4.79 Å². The number of para-hydroxylation sites is 2. The average molecular weight is 548 g/mol. The summed E-state index contributed by atoms with van der Waals surface area (Å²) in [6.45, 7) is 2.99. The molecule has 1 aliphatic carbocycles. The lowest BCUT2D eigenvalue weighted by Crippen LogP contribution is -2.39. The van der Waals surface area contributed by atoms with Crippen molar-refractivity contribution in [2.24, 2.45) is 4.99 Å². The number of benzene rings is 3. The molecule has 200 valence electrons. The van der Waals surface area contributed by atoms with E-state index in [-0.39, 0.29) is 11.6 Å². The van der Waals surface area contributed by atoms with Crippen molar-refractivity contribution in [1.82, 2.24) is 9.13 Å². The number of nitrogens with zero attached hydrogens (tertiary/aromatic N) is 3. The standard InChI is InChI=1S/C33H29N3O3S/c1-4-35-19-21(22-11-7-8-14-26(22)35)18-28-32(37)36-30(25-13-9-15-27(38-2)31(25)39-3)24-17-16-20-10-5-6-12-23(20)29(24)34-33(36)40-28/h5-15,18-19,30H,4,16-17H2,1-3H3/b28-18+/t30-/m0/s1. The lowest BCUT2D eigenvalue weighted by molar-refractivity contribution is 0.348. The molecule has 0 N–H and O–H groups in total. The monoisotopic (exact) mass is 547 g/mol. The summed E-state index contributed by atoms with van der Waals surface area (Å²) in [5.74, 6) is 1.29. The Morgan fingerprint density at radius 1 is 1.00 bits per heavy atom. The predicted molar refractivity (Wildman–Crippen MR) is 160 cm³/mol. The Hall–Kier alpha value is -4.36. The highest BCUT2D eigenvalue weighted by Crippen LogP contribution is 2.45. The quantitative estimate of drug-likeness (QED) is 0.300. The van der Waals surface area contributed by atoms with Crippen molar-refractivity contribution in [2.75, 3.05) is 14.2 Å². The van der Waals surface area contributed by atoms with E-state index in [1.54, 1.807) is 14.2 Å². The predicted octanol–water partition coefficient (Wildman–Crippen LogP) is 5.31. The van der Waals surface area contributed by atoms with Gasteiger partial charge in [0.2, 0.25) is 0 Å². The number of hydrogen-bond acceptors (Lipinski definition) is 5. The highest BCUT2D eigenvalue weighted by Gasteiger charge is 2.34. The van der Waals surface area contributed by atoms with Crippen LogP contribution in [0.5, 0.6) is 11.5 Å². The first-order valence-electron chi connectivity index (χ1n) is 13.5. The Morgan fingerprint density at radius 3 is 2.65 bits per heavy atom. The molecule has 0 saturated carbocycles. The van der Waals surface area contributed by atoms with E-state index in [2.05, 4.69) is 60.2 Å². The molecule has 7 rings (SSSR count). The van der Waals surface area contributed by atoms with Crippen LogP contribution in [0.15, 0.2) is 88.3 Å². The van der Waals surface area contributed by atoms with Crippen LogP contribution >= 0.6 is 11.3 Å². The summed E-state index contributed by atoms with van der Waals surface area (Å²) < 4.78 is 16.3. The molecule has 40 heavy (non-hydrogen) atoms. The van der Waals surface area contributed by atoms with Crippen molar-refractivity contribution < 1.29 is 9.47 Å². The SMILES string of the molecule is CCn1cc(/C=c2/sc3n(c2=O)[C@H](c2cccc(OC)c2OC)C2=C(N=3)c3ccccc3CC2)c2ccccc21. The number of aryl methyl sites for hydroxylation is 2. The van der Waals surface area contributed by atoms with E-state index in [0.29, 0.717) is 20.8 Å². The minimum atomic E-state index is -0.344. The second-order valence-corrected chi connectivity index (χ2v) is 11.1. The molecule has 2 aliphatic rings. The Morgan fingerprint density at radius 2 is 1.82 bits per heavy atom. The van der Waals surface area contributed by atoms with Crippen molar-refractivity contribution in [3.8, 4) is 11.5 Å². The van der Waals surface area contributed by atoms with Crippen LogP contribution in [-0.4, -0.2) is 23.4 Å². The van der Waals surface area contributed by atoms with Gasteiger partial charge in [-0.1, -0.05) is 65.9 Å². The molecule has 0 fully saturated rings. The first-order chi connectivity index (χ1) is 19.6. The zero-order chi connectivity index (χ0) is 27.4. The lowest BCUT2D eigenvalue weighted by Gasteiger charge is -2.31. The van der Waals surface area contributed by atoms with Gasteiger partial charge in [-0.3, -0.25) is 9.36 Å². The molecular weight excluding hydrogens is 518 g/mol. The van der Waals surface area contributed by atoms with Crippen LogP contribution in [0.2, 0.25) is 0 Å². The highest BCUT2D eigenvalue weighted by molar-refractivity contribution is 7.07. The second-order valence-electron chi connectivity index (χ2n) is 10.1. The van der Waals surface area contributed by atoms with Crippen LogP contribution in [0.4, 0.5) is 0 Å². The number of aromatic nitrogens is 2. The third-order valence-corrected chi connectivity index (χ3v) is 9.03. The van der Waals surface area contributed by atoms with Crippen LogP contribution in [0, 0.1) is 0 Å². The van der Waals surface area contributed by atoms with E-state index in [1.807, 2.05) is 34.9 Å². The number of fused-ring (bicyclic) bond motifs is 4. The van der Waals surface area contributed by atoms with E-state index in [0.717, 1.165) is 58.2 Å². The third-order valence-electron chi connectivity index (χ3n) is 8.05. The normalized spacial score (nSPS) is 16.4. The molecule has 5 aromatic rings. The molecule has 0 saturated heterocycles. The fourth-order valence-electron chi connectivity index (χ4n) is 6.22. The Bertz CT molecular complexity index is 2010. The van der Waals surface area contributed by atoms with Crippen molar-refractivity contribution in [3.63, 3.8) is 0 Å². The fourth-order valence-corrected chi connectivity index (χ4v) is 7.21. The average Bonchev–Trinajstić information content (AvgIpc) is 3.52. The first-order valence-corrected chi connectivity index (χ1v) is 14.4. The van der Waals surface area contributed by atoms with Gasteiger partial charge >= 0.3 is 0 Å². The lowest BCUT2D eigenvalue weighted by atomic mass is 9.83. The minimum absolute atomic E-state index is 0.0441. The molecule has 1 atom stereocenters. The maximum absolute atomic E-state index is 14.3. The molecule has 0 radical (unpaired) electrons. The van der Waals surface area contributed by atoms with Gasteiger partial charge in [-0.15, -0.1) is 0 Å². The molecular formula is C33H29N3O3S. The number of thiazole rings is 1. The van der Waals surface area contributed by atoms with E-state index < -0.39 is 0 Å². The van der Waals surface area contributed by atoms with Crippen LogP contribution in [0.25, 0.3) is 22.7 Å². The molecule has 0 bridgehead atoms. The largest absolute Gasteiger partial charge is 0.493 e. The van der Waals surface area contributed by atoms with Gasteiger partial charge in [-0.25, -0.2) is 4.99 Å². The van der Waals surface area contributed by atoms with Crippen LogP contribution in [0.1, 0.15) is 41.6 Å². The highest BCUT2D eigenvalue weighted by atomic mass is 32.1. The molecule has 0 amide bonds. The van der Waals surface area contributed by atoms with Gasteiger partial charge in [0.15, 0.2) is 16.3 Å². The Balaban J connectivity index is 1.52. The Labute approximate surface area is 235 Å². The molecule has 3 heterocycles. The third kappa shape index (κ3) is 3.68. The van der Waals surface area contributed by atoms with Gasteiger partial charge in [0.1, 0.15) is 0 Å². The zero-order valence-corrected chi connectivity index (χ0v) is 23.5. The number of ether oxygens (including phenoxy) is 2. The number of rotatable bonds is 5. The molecule has 0 unspecified atom stereocenters. The molecule has 0 spiro atoms. The van der Waals surface area contributed by atoms with Gasteiger partial charge in [-0.05, 0) is 49.1 Å². The molecule has 7 heteroatoms. The second kappa shape index (κ2) is 9.68. The van der Waals surface area contributed by atoms with Crippen molar-refractivity contribution in [2.45, 2.75) is 32.4 Å². The summed E-state index contributed by atoms with van der Waals surface area (Å²) in [6, 6.07) is 22.3. The number of allylic oxidation sites excluding steroid dienone is 1. The molecule has 6 nitrogen and oxygen atoms in total. The molecule has 1 aliphatic heterocycles. The number of methoxy groups -OCH3 is 2. The summed E-state index contributed by atoms with van der Waals surface area (Å²) in [5.41, 5.74) is 7.57. The van der Waals surface area contributed by atoms with Crippen LogP contribution in [-0.2, 0) is 13.0 Å². The van der Waals surface area contributed by atoms with Crippen molar-refractivity contribution in [1.29, 1.82) is 0 Å². The smallest absolute Gasteiger partial charge is 0.271 e. The van der Waals surface area contributed by atoms with Crippen LogP contribution < -0.4 is 24.4 Å². The van der Waals surface area contributed by atoms with E-state index in [1.165, 1.54) is 16.9 Å². The van der Waals surface area contributed by atoms with Crippen LogP contribution in [0.3, 0.4) is 0 Å². The molecule has 3 aromatic carbocycles. The number of hydrogen-bond donors (Lipinski definition) is 0. The van der Waals surface area contributed by atoms with Gasteiger partial charge < -0.3 is 14.0 Å². The van der Waals surface area contributed by atoms with Crippen molar-refractivity contribution in [3.05, 3.63) is 120 Å². The first kappa shape index (κ1) is 24.7. The van der Waals surface area contributed by atoms with Gasteiger partial charge in [0.25, 0.3) is 5.56 Å².